The van der Waals surface area contributed by atoms with Crippen molar-refractivity contribution in [2.75, 3.05) is 0 Å². The summed E-state index contributed by atoms with van der Waals surface area (Å²) in [6.07, 6.45) is 0. The van der Waals surface area contributed by atoms with E-state index in [4.69, 9.17) is 0 Å². The summed E-state index contributed by atoms with van der Waals surface area (Å²) < 4.78 is 0. The van der Waals surface area contributed by atoms with Gasteiger partial charge in [-0.2, -0.15) is 0 Å². The number of carbonyl (C=O) groups is 3. The Morgan fingerprint density at radius 3 is 1.70 bits per heavy atom. The molecule has 2 aromatic rings. The van der Waals surface area contributed by atoms with Gasteiger partial charge in [-0.3, -0.25) is 25.2 Å². The Balaban J connectivity index is 2.03. The second kappa shape index (κ2) is 8.98. The summed E-state index contributed by atoms with van der Waals surface area (Å²) in [5.41, 5.74) is 7.43. The van der Waals surface area contributed by atoms with Gasteiger partial charge in [0.2, 0.25) is 0 Å². The maximum Gasteiger partial charge on any atom is 0.269 e. The van der Waals surface area contributed by atoms with Crippen LogP contribution in [0, 0.1) is 19.8 Å². The van der Waals surface area contributed by atoms with Gasteiger partial charge in [-0.25, -0.2) is 0 Å². The first kappa shape index (κ1) is 20.2. The minimum absolute atomic E-state index is 0.159. The SMILES string of the molecule is Cc1ccccc1C(=O)NNC(=O)[C@@H](NC(=O)c1ccccc1C)C(C)C. The van der Waals surface area contributed by atoms with Crippen molar-refractivity contribution < 1.29 is 14.4 Å². The van der Waals surface area contributed by atoms with E-state index in [0.29, 0.717) is 11.1 Å². The number of hydrazine groups is 1. The Labute approximate surface area is 159 Å². The molecule has 6 heteroatoms. The van der Waals surface area contributed by atoms with Gasteiger partial charge in [0, 0.05) is 11.1 Å². The van der Waals surface area contributed by atoms with Crippen LogP contribution >= 0.6 is 0 Å². The van der Waals surface area contributed by atoms with Gasteiger partial charge in [0.25, 0.3) is 17.7 Å². The average Bonchev–Trinajstić information content (AvgIpc) is 2.64. The Hall–Kier alpha value is -3.15. The second-order valence-electron chi connectivity index (χ2n) is 6.77. The molecular weight excluding hydrogens is 342 g/mol. The number of rotatable bonds is 5. The van der Waals surface area contributed by atoms with Crippen LogP contribution < -0.4 is 16.2 Å². The Morgan fingerprint density at radius 2 is 1.22 bits per heavy atom. The van der Waals surface area contributed by atoms with Crippen LogP contribution in [0.2, 0.25) is 0 Å². The molecule has 2 rings (SSSR count). The van der Waals surface area contributed by atoms with Crippen molar-refractivity contribution in [2.24, 2.45) is 5.92 Å². The van der Waals surface area contributed by atoms with Crippen LogP contribution in [0.3, 0.4) is 0 Å². The monoisotopic (exact) mass is 367 g/mol. The van der Waals surface area contributed by atoms with Gasteiger partial charge in [-0.1, -0.05) is 50.2 Å². The van der Waals surface area contributed by atoms with Crippen molar-refractivity contribution in [1.29, 1.82) is 0 Å². The van der Waals surface area contributed by atoms with Gasteiger partial charge in [0.1, 0.15) is 6.04 Å². The van der Waals surface area contributed by atoms with Crippen molar-refractivity contribution in [3.8, 4) is 0 Å². The van der Waals surface area contributed by atoms with Crippen LogP contribution in [0.1, 0.15) is 45.7 Å². The van der Waals surface area contributed by atoms with E-state index in [1.54, 1.807) is 24.3 Å². The molecule has 0 heterocycles. The molecule has 0 unspecified atom stereocenters. The predicted molar refractivity (Wildman–Crippen MR) is 104 cm³/mol. The molecule has 2 aromatic carbocycles. The molecule has 0 aliphatic rings. The fraction of sp³-hybridized carbons (Fsp3) is 0.286. The molecule has 0 saturated carbocycles. The molecule has 1 atom stereocenters. The van der Waals surface area contributed by atoms with Gasteiger partial charge < -0.3 is 5.32 Å². The van der Waals surface area contributed by atoms with E-state index in [0.717, 1.165) is 11.1 Å². The zero-order chi connectivity index (χ0) is 20.0. The molecule has 0 saturated heterocycles. The number of hydrogen-bond acceptors (Lipinski definition) is 3. The van der Waals surface area contributed by atoms with Crippen molar-refractivity contribution >= 4 is 17.7 Å². The molecule has 3 amide bonds. The van der Waals surface area contributed by atoms with Crippen molar-refractivity contribution in [3.05, 3.63) is 70.8 Å². The predicted octanol–water partition coefficient (Wildman–Crippen LogP) is 2.52. The number of carbonyl (C=O) groups excluding carboxylic acids is 3. The third-order valence-electron chi connectivity index (χ3n) is 4.31. The van der Waals surface area contributed by atoms with E-state index in [2.05, 4.69) is 16.2 Å². The standard InChI is InChI=1S/C21H25N3O3/c1-13(2)18(22-19(25)16-11-7-5-9-14(16)3)21(27)24-23-20(26)17-12-8-6-10-15(17)4/h5-13,18H,1-4H3,(H,22,25)(H,23,26)(H,24,27)/t18-/m0/s1. The van der Waals surface area contributed by atoms with Crippen LogP contribution in [0.15, 0.2) is 48.5 Å². The molecular formula is C21H25N3O3. The number of benzene rings is 2. The minimum Gasteiger partial charge on any atom is -0.340 e. The Morgan fingerprint density at radius 1 is 0.741 bits per heavy atom. The minimum atomic E-state index is -0.783. The summed E-state index contributed by atoms with van der Waals surface area (Å²) in [6, 6.07) is 13.5. The largest absolute Gasteiger partial charge is 0.340 e. The first-order chi connectivity index (χ1) is 12.8. The maximum atomic E-state index is 12.5. The first-order valence-electron chi connectivity index (χ1n) is 8.83. The van der Waals surface area contributed by atoms with E-state index in [9.17, 15) is 14.4 Å². The number of aryl methyl sites for hydroxylation is 2. The lowest BCUT2D eigenvalue weighted by atomic mass is 10.0. The zero-order valence-electron chi connectivity index (χ0n) is 16.0. The van der Waals surface area contributed by atoms with Gasteiger partial charge in [-0.15, -0.1) is 0 Å². The third kappa shape index (κ3) is 5.17. The molecule has 0 spiro atoms. The molecule has 0 bridgehead atoms. The Kier molecular flexibility index (Phi) is 6.71. The van der Waals surface area contributed by atoms with Gasteiger partial charge >= 0.3 is 0 Å². The zero-order valence-corrected chi connectivity index (χ0v) is 16.0. The molecule has 27 heavy (non-hydrogen) atoms. The molecule has 3 N–H and O–H groups in total. The summed E-state index contributed by atoms with van der Waals surface area (Å²) in [6.45, 7) is 7.30. The molecule has 0 aliphatic carbocycles. The highest BCUT2D eigenvalue weighted by Gasteiger charge is 2.25. The first-order valence-corrected chi connectivity index (χ1v) is 8.83. The fourth-order valence-corrected chi connectivity index (χ4v) is 2.67. The van der Waals surface area contributed by atoms with Gasteiger partial charge in [0.05, 0.1) is 0 Å². The number of nitrogens with one attached hydrogen (secondary N) is 3. The molecule has 0 radical (unpaired) electrons. The lowest BCUT2D eigenvalue weighted by Crippen LogP contribution is -2.54. The van der Waals surface area contributed by atoms with E-state index >= 15 is 0 Å². The summed E-state index contributed by atoms with van der Waals surface area (Å²) >= 11 is 0. The fourth-order valence-electron chi connectivity index (χ4n) is 2.67. The molecule has 142 valence electrons. The summed E-state index contributed by atoms with van der Waals surface area (Å²) in [4.78, 5) is 37.3. The summed E-state index contributed by atoms with van der Waals surface area (Å²) in [5, 5.41) is 2.75. The van der Waals surface area contributed by atoms with Crippen molar-refractivity contribution in [2.45, 2.75) is 33.7 Å². The highest BCUT2D eigenvalue weighted by Crippen LogP contribution is 2.10. The summed E-state index contributed by atoms with van der Waals surface area (Å²) in [5.74, 6) is -1.37. The van der Waals surface area contributed by atoms with Gasteiger partial charge in [-0.05, 0) is 43.0 Å². The lowest BCUT2D eigenvalue weighted by molar-refractivity contribution is -0.124. The topological polar surface area (TPSA) is 87.3 Å². The molecule has 0 fully saturated rings. The van der Waals surface area contributed by atoms with E-state index < -0.39 is 17.9 Å². The lowest BCUT2D eigenvalue weighted by Gasteiger charge is -2.22. The summed E-state index contributed by atoms with van der Waals surface area (Å²) in [7, 11) is 0. The number of hydrogen-bond donors (Lipinski definition) is 3. The quantitative estimate of drug-likeness (QED) is 0.710. The highest BCUT2D eigenvalue weighted by molar-refractivity contribution is 6.00. The molecule has 0 aliphatic heterocycles. The smallest absolute Gasteiger partial charge is 0.269 e. The average molecular weight is 367 g/mol. The van der Waals surface area contributed by atoms with Crippen LogP contribution in [-0.2, 0) is 4.79 Å². The van der Waals surface area contributed by atoms with E-state index in [1.807, 2.05) is 52.0 Å². The highest BCUT2D eigenvalue weighted by atomic mass is 16.2. The second-order valence-corrected chi connectivity index (χ2v) is 6.77. The van der Waals surface area contributed by atoms with E-state index in [1.165, 1.54) is 0 Å². The van der Waals surface area contributed by atoms with Crippen molar-refractivity contribution in [3.63, 3.8) is 0 Å². The van der Waals surface area contributed by atoms with Crippen molar-refractivity contribution in [1.82, 2.24) is 16.2 Å². The van der Waals surface area contributed by atoms with Crippen LogP contribution in [-0.4, -0.2) is 23.8 Å². The maximum absolute atomic E-state index is 12.5. The molecule has 6 nitrogen and oxygen atoms in total. The Bertz CT molecular complexity index is 846. The normalized spacial score (nSPS) is 11.6. The third-order valence-corrected chi connectivity index (χ3v) is 4.31. The van der Waals surface area contributed by atoms with Crippen LogP contribution in [0.25, 0.3) is 0 Å². The number of amides is 3. The van der Waals surface area contributed by atoms with E-state index in [-0.39, 0.29) is 11.8 Å². The van der Waals surface area contributed by atoms with Crippen LogP contribution in [0.5, 0.6) is 0 Å². The van der Waals surface area contributed by atoms with Crippen LogP contribution in [0.4, 0.5) is 0 Å². The van der Waals surface area contributed by atoms with Gasteiger partial charge in [0.15, 0.2) is 0 Å². The molecule has 0 aromatic heterocycles.